The van der Waals surface area contributed by atoms with Gasteiger partial charge in [0.15, 0.2) is 0 Å². The van der Waals surface area contributed by atoms with Gasteiger partial charge in [0.2, 0.25) is 0 Å². The van der Waals surface area contributed by atoms with E-state index in [-0.39, 0.29) is 6.23 Å². The van der Waals surface area contributed by atoms with Crippen LogP contribution in [0, 0.1) is 0 Å². The predicted molar refractivity (Wildman–Crippen MR) is 41.7 cm³/mol. The van der Waals surface area contributed by atoms with Crippen LogP contribution in [0.1, 0.15) is 33.1 Å². The third-order valence-electron chi connectivity index (χ3n) is 2.17. The molecule has 60 valence electrons. The Kier molecular flexibility index (Phi) is 2.69. The second-order valence-electron chi connectivity index (χ2n) is 3.31. The topological polar surface area (TPSA) is 23.5 Å². The Morgan fingerprint density at radius 3 is 2.50 bits per heavy atom. The zero-order valence-corrected chi connectivity index (χ0v) is 6.88. The van der Waals surface area contributed by atoms with E-state index in [2.05, 4.69) is 18.7 Å². The normalized spacial score (nSPS) is 29.4. The zero-order chi connectivity index (χ0) is 7.56. The van der Waals surface area contributed by atoms with Crippen LogP contribution in [-0.2, 0) is 0 Å². The summed E-state index contributed by atoms with van der Waals surface area (Å²) >= 11 is 0. The van der Waals surface area contributed by atoms with E-state index in [0.717, 1.165) is 13.0 Å². The van der Waals surface area contributed by atoms with Gasteiger partial charge in [0, 0.05) is 12.6 Å². The van der Waals surface area contributed by atoms with Crippen molar-refractivity contribution in [1.82, 2.24) is 4.90 Å². The molecule has 1 atom stereocenters. The fourth-order valence-corrected chi connectivity index (χ4v) is 1.54. The molecule has 0 bridgehead atoms. The number of hydrogen-bond acceptors (Lipinski definition) is 2. The lowest BCUT2D eigenvalue weighted by Gasteiger charge is -2.34. The average Bonchev–Trinajstić information content (AvgIpc) is 1.88. The molecule has 0 spiro atoms. The maximum absolute atomic E-state index is 9.47. The molecule has 0 aliphatic carbocycles. The first kappa shape index (κ1) is 8.02. The van der Waals surface area contributed by atoms with Crippen molar-refractivity contribution in [2.45, 2.75) is 45.4 Å². The highest BCUT2D eigenvalue weighted by Crippen LogP contribution is 2.16. The largest absolute Gasteiger partial charge is 0.378 e. The van der Waals surface area contributed by atoms with Crippen molar-refractivity contribution in [2.24, 2.45) is 0 Å². The number of rotatable bonds is 1. The van der Waals surface area contributed by atoms with E-state index >= 15 is 0 Å². The van der Waals surface area contributed by atoms with Crippen molar-refractivity contribution in [3.63, 3.8) is 0 Å². The van der Waals surface area contributed by atoms with Gasteiger partial charge in [-0.25, -0.2) is 0 Å². The lowest BCUT2D eigenvalue weighted by atomic mass is 10.1. The summed E-state index contributed by atoms with van der Waals surface area (Å²) in [6, 6.07) is 0.496. The van der Waals surface area contributed by atoms with E-state index < -0.39 is 0 Å². The number of likely N-dealkylation sites (tertiary alicyclic amines) is 1. The first-order valence-electron chi connectivity index (χ1n) is 4.15. The molecule has 1 heterocycles. The van der Waals surface area contributed by atoms with Crippen LogP contribution in [0.3, 0.4) is 0 Å². The smallest absolute Gasteiger partial charge is 0.107 e. The molecule has 0 aromatic rings. The van der Waals surface area contributed by atoms with Gasteiger partial charge < -0.3 is 5.11 Å². The molecule has 10 heavy (non-hydrogen) atoms. The van der Waals surface area contributed by atoms with Crippen LogP contribution in [0.25, 0.3) is 0 Å². The quantitative estimate of drug-likeness (QED) is 0.596. The molecule has 2 heteroatoms. The lowest BCUT2D eigenvalue weighted by Crippen LogP contribution is -2.43. The van der Waals surface area contributed by atoms with Crippen LogP contribution in [0.4, 0.5) is 0 Å². The van der Waals surface area contributed by atoms with Gasteiger partial charge in [-0.1, -0.05) is 0 Å². The fourth-order valence-electron chi connectivity index (χ4n) is 1.54. The van der Waals surface area contributed by atoms with Gasteiger partial charge >= 0.3 is 0 Å². The molecule has 1 aliphatic rings. The molecule has 0 radical (unpaired) electrons. The number of hydrogen-bond donors (Lipinski definition) is 1. The van der Waals surface area contributed by atoms with Crippen LogP contribution in [0.15, 0.2) is 0 Å². The van der Waals surface area contributed by atoms with Gasteiger partial charge in [-0.2, -0.15) is 0 Å². The first-order valence-corrected chi connectivity index (χ1v) is 4.15. The highest BCUT2D eigenvalue weighted by atomic mass is 16.3. The molecule has 1 aliphatic heterocycles. The van der Waals surface area contributed by atoms with Gasteiger partial charge in [0.25, 0.3) is 0 Å². The Bertz CT molecular complexity index is 103. The van der Waals surface area contributed by atoms with Crippen LogP contribution in [0.2, 0.25) is 0 Å². The summed E-state index contributed by atoms with van der Waals surface area (Å²) in [5.74, 6) is 0. The number of aliphatic hydroxyl groups is 1. The van der Waals surface area contributed by atoms with E-state index in [1.165, 1.54) is 12.8 Å². The molecule has 0 aromatic carbocycles. The monoisotopic (exact) mass is 143 g/mol. The van der Waals surface area contributed by atoms with Crippen molar-refractivity contribution >= 4 is 0 Å². The summed E-state index contributed by atoms with van der Waals surface area (Å²) < 4.78 is 0. The van der Waals surface area contributed by atoms with Crippen molar-refractivity contribution < 1.29 is 5.11 Å². The molecular weight excluding hydrogens is 126 g/mol. The second kappa shape index (κ2) is 3.35. The summed E-state index contributed by atoms with van der Waals surface area (Å²) in [7, 11) is 0. The molecule has 1 fully saturated rings. The first-order chi connectivity index (χ1) is 4.72. The summed E-state index contributed by atoms with van der Waals surface area (Å²) in [4.78, 5) is 2.16. The summed E-state index contributed by atoms with van der Waals surface area (Å²) in [5.41, 5.74) is 0. The third-order valence-corrected chi connectivity index (χ3v) is 2.17. The summed E-state index contributed by atoms with van der Waals surface area (Å²) in [5, 5.41) is 9.47. The molecule has 0 saturated carbocycles. The Balaban J connectivity index is 2.40. The van der Waals surface area contributed by atoms with Gasteiger partial charge in [-0.15, -0.1) is 0 Å². The Morgan fingerprint density at radius 2 is 2.10 bits per heavy atom. The Hall–Kier alpha value is -0.0800. The number of aliphatic hydroxyl groups excluding tert-OH is 1. The minimum absolute atomic E-state index is 0.172. The lowest BCUT2D eigenvalue weighted by molar-refractivity contribution is -0.0419. The van der Waals surface area contributed by atoms with E-state index in [4.69, 9.17) is 0 Å². The Labute approximate surface area is 62.8 Å². The van der Waals surface area contributed by atoms with Crippen LogP contribution in [0.5, 0.6) is 0 Å². The highest BCUT2D eigenvalue weighted by molar-refractivity contribution is 4.71. The SMILES string of the molecule is CC(C)N1CCCC[C@@H]1O. The second-order valence-corrected chi connectivity index (χ2v) is 3.31. The van der Waals surface area contributed by atoms with Crippen LogP contribution in [-0.4, -0.2) is 28.8 Å². The molecule has 0 aromatic heterocycles. The van der Waals surface area contributed by atoms with E-state index in [1.807, 2.05) is 0 Å². The van der Waals surface area contributed by atoms with E-state index in [9.17, 15) is 5.11 Å². The summed E-state index contributed by atoms with van der Waals surface area (Å²) in [6.07, 6.45) is 3.21. The minimum atomic E-state index is -0.172. The molecular formula is C8H17NO. The molecule has 1 N–H and O–H groups in total. The van der Waals surface area contributed by atoms with Crippen LogP contribution < -0.4 is 0 Å². The molecule has 0 unspecified atom stereocenters. The van der Waals surface area contributed by atoms with Crippen molar-refractivity contribution in [3.05, 3.63) is 0 Å². The minimum Gasteiger partial charge on any atom is -0.378 e. The Morgan fingerprint density at radius 1 is 1.40 bits per heavy atom. The predicted octanol–water partition coefficient (Wildman–Crippen LogP) is 1.20. The van der Waals surface area contributed by atoms with Gasteiger partial charge in [0.05, 0.1) is 0 Å². The number of piperidine rings is 1. The zero-order valence-electron chi connectivity index (χ0n) is 6.88. The highest BCUT2D eigenvalue weighted by Gasteiger charge is 2.21. The summed E-state index contributed by atoms with van der Waals surface area (Å²) in [6.45, 7) is 5.34. The molecule has 1 saturated heterocycles. The standard InChI is InChI=1S/C8H17NO/c1-7(2)9-6-4-3-5-8(9)10/h7-8,10H,3-6H2,1-2H3/t8-/m0/s1. The van der Waals surface area contributed by atoms with Gasteiger partial charge in [0.1, 0.15) is 6.23 Å². The van der Waals surface area contributed by atoms with Crippen LogP contribution >= 0.6 is 0 Å². The maximum Gasteiger partial charge on any atom is 0.107 e. The van der Waals surface area contributed by atoms with E-state index in [0.29, 0.717) is 6.04 Å². The van der Waals surface area contributed by atoms with Crippen molar-refractivity contribution in [2.75, 3.05) is 6.54 Å². The fraction of sp³-hybridized carbons (Fsp3) is 1.00. The molecule has 2 nitrogen and oxygen atoms in total. The molecule has 1 rings (SSSR count). The van der Waals surface area contributed by atoms with E-state index in [1.54, 1.807) is 0 Å². The van der Waals surface area contributed by atoms with Gasteiger partial charge in [-0.05, 0) is 33.1 Å². The third kappa shape index (κ3) is 1.70. The average molecular weight is 143 g/mol. The van der Waals surface area contributed by atoms with Crippen molar-refractivity contribution in [3.8, 4) is 0 Å². The number of nitrogens with zero attached hydrogens (tertiary/aromatic N) is 1. The maximum atomic E-state index is 9.47. The van der Waals surface area contributed by atoms with Gasteiger partial charge in [-0.3, -0.25) is 4.90 Å². The van der Waals surface area contributed by atoms with Crippen molar-refractivity contribution in [1.29, 1.82) is 0 Å². The molecule has 0 amide bonds.